The normalized spacial score (nSPS) is 10.9. The van der Waals surface area contributed by atoms with E-state index in [0.717, 1.165) is 28.2 Å². The summed E-state index contributed by atoms with van der Waals surface area (Å²) in [7, 11) is 3.15. The molecule has 0 aliphatic rings. The van der Waals surface area contributed by atoms with Crippen molar-refractivity contribution in [1.82, 2.24) is 19.4 Å². The largest absolute Gasteiger partial charge is 0.330 e. The van der Waals surface area contributed by atoms with Gasteiger partial charge in [0.05, 0.1) is 10.7 Å². The van der Waals surface area contributed by atoms with Gasteiger partial charge < -0.3 is 5.32 Å². The lowest BCUT2D eigenvalue weighted by atomic mass is 10.3. The van der Waals surface area contributed by atoms with Gasteiger partial charge in [-0.25, -0.2) is 9.78 Å². The standard InChI is InChI=1S/C13H18N4O2S/c1-9-15-10(8-20-9)4-5-14-7-11-6-12(18)17(3)13(19)16(11)2/h6,8,14H,4-5,7H2,1-3H3. The van der Waals surface area contributed by atoms with Crippen LogP contribution in [0.2, 0.25) is 0 Å². The zero-order valence-corrected chi connectivity index (χ0v) is 12.7. The van der Waals surface area contributed by atoms with Crippen LogP contribution in [-0.4, -0.2) is 20.7 Å². The Bertz CT molecular complexity index is 714. The average molecular weight is 294 g/mol. The Kier molecular flexibility index (Phi) is 4.51. The molecule has 0 aliphatic heterocycles. The number of rotatable bonds is 5. The fourth-order valence-corrected chi connectivity index (χ4v) is 2.55. The first-order valence-electron chi connectivity index (χ1n) is 6.36. The van der Waals surface area contributed by atoms with Gasteiger partial charge in [0.2, 0.25) is 0 Å². The van der Waals surface area contributed by atoms with E-state index in [0.29, 0.717) is 12.2 Å². The van der Waals surface area contributed by atoms with Crippen LogP contribution < -0.4 is 16.6 Å². The molecule has 0 aliphatic carbocycles. The molecule has 20 heavy (non-hydrogen) atoms. The molecule has 6 nitrogen and oxygen atoms in total. The summed E-state index contributed by atoms with van der Waals surface area (Å²) in [6.45, 7) is 3.23. The van der Waals surface area contributed by atoms with Crippen molar-refractivity contribution in [2.24, 2.45) is 14.1 Å². The molecule has 0 spiro atoms. The van der Waals surface area contributed by atoms with E-state index in [2.05, 4.69) is 10.3 Å². The molecule has 0 saturated carbocycles. The number of hydrogen-bond donors (Lipinski definition) is 1. The molecule has 0 aromatic carbocycles. The summed E-state index contributed by atoms with van der Waals surface area (Å²) in [4.78, 5) is 27.7. The Morgan fingerprint density at radius 2 is 2.05 bits per heavy atom. The second-order valence-electron chi connectivity index (χ2n) is 4.66. The molecule has 1 N–H and O–H groups in total. The van der Waals surface area contributed by atoms with Gasteiger partial charge in [0.15, 0.2) is 0 Å². The van der Waals surface area contributed by atoms with Crippen molar-refractivity contribution in [3.05, 3.63) is 48.7 Å². The lowest BCUT2D eigenvalue weighted by molar-refractivity contribution is 0.599. The minimum atomic E-state index is -0.301. The molecule has 108 valence electrons. The van der Waals surface area contributed by atoms with Crippen molar-refractivity contribution < 1.29 is 0 Å². The van der Waals surface area contributed by atoms with E-state index in [1.165, 1.54) is 17.7 Å². The van der Waals surface area contributed by atoms with Gasteiger partial charge in [-0.05, 0) is 6.92 Å². The average Bonchev–Trinajstić information content (AvgIpc) is 2.83. The maximum atomic E-state index is 11.8. The minimum Gasteiger partial charge on any atom is -0.311 e. The molecular weight excluding hydrogens is 276 g/mol. The molecular formula is C13H18N4O2S. The Morgan fingerprint density at radius 1 is 1.30 bits per heavy atom. The number of aromatic nitrogens is 3. The van der Waals surface area contributed by atoms with Crippen LogP contribution in [-0.2, 0) is 27.1 Å². The van der Waals surface area contributed by atoms with Crippen LogP contribution in [0, 0.1) is 6.92 Å². The molecule has 0 radical (unpaired) electrons. The van der Waals surface area contributed by atoms with Gasteiger partial charge in [0, 0.05) is 50.7 Å². The first kappa shape index (κ1) is 14.7. The van der Waals surface area contributed by atoms with Crippen LogP contribution in [0.4, 0.5) is 0 Å². The molecule has 0 unspecified atom stereocenters. The Labute approximate surface area is 120 Å². The van der Waals surface area contributed by atoms with Gasteiger partial charge in [0.1, 0.15) is 0 Å². The van der Waals surface area contributed by atoms with E-state index >= 15 is 0 Å². The third-order valence-electron chi connectivity index (χ3n) is 3.16. The summed E-state index contributed by atoms with van der Waals surface area (Å²) in [6.07, 6.45) is 0.836. The van der Waals surface area contributed by atoms with Crippen molar-refractivity contribution in [2.75, 3.05) is 6.54 Å². The first-order valence-corrected chi connectivity index (χ1v) is 7.24. The van der Waals surface area contributed by atoms with Crippen LogP contribution in [0.1, 0.15) is 16.4 Å². The summed E-state index contributed by atoms with van der Waals surface area (Å²) in [5.74, 6) is 0. The maximum Gasteiger partial charge on any atom is 0.330 e. The third-order valence-corrected chi connectivity index (χ3v) is 3.98. The van der Waals surface area contributed by atoms with E-state index in [1.54, 1.807) is 18.4 Å². The van der Waals surface area contributed by atoms with Crippen LogP contribution in [0.15, 0.2) is 21.0 Å². The summed E-state index contributed by atoms with van der Waals surface area (Å²) in [5, 5.41) is 6.34. The maximum absolute atomic E-state index is 11.8. The quantitative estimate of drug-likeness (QED) is 0.799. The number of thiazole rings is 1. The summed E-state index contributed by atoms with van der Waals surface area (Å²) in [6, 6.07) is 1.49. The first-order chi connectivity index (χ1) is 9.49. The molecule has 0 bridgehead atoms. The van der Waals surface area contributed by atoms with Gasteiger partial charge in [-0.1, -0.05) is 0 Å². The highest BCUT2D eigenvalue weighted by Crippen LogP contribution is 2.07. The number of hydrogen-bond acceptors (Lipinski definition) is 5. The predicted octanol–water partition coefficient (Wildman–Crippen LogP) is 0.181. The van der Waals surface area contributed by atoms with Crippen molar-refractivity contribution in [3.8, 4) is 0 Å². The molecule has 0 fully saturated rings. The van der Waals surface area contributed by atoms with Crippen LogP contribution in [0.25, 0.3) is 0 Å². The number of aryl methyl sites for hydroxylation is 1. The van der Waals surface area contributed by atoms with E-state index in [9.17, 15) is 9.59 Å². The van der Waals surface area contributed by atoms with Gasteiger partial charge in [-0.2, -0.15) is 0 Å². The highest BCUT2D eigenvalue weighted by Gasteiger charge is 2.05. The third kappa shape index (κ3) is 3.23. The van der Waals surface area contributed by atoms with Crippen LogP contribution in [0.3, 0.4) is 0 Å². The number of nitrogens with one attached hydrogen (secondary N) is 1. The van der Waals surface area contributed by atoms with E-state index < -0.39 is 0 Å². The molecule has 2 heterocycles. The van der Waals surface area contributed by atoms with Crippen LogP contribution >= 0.6 is 11.3 Å². The van der Waals surface area contributed by atoms with Crippen molar-refractivity contribution in [2.45, 2.75) is 19.9 Å². The molecule has 0 atom stereocenters. The van der Waals surface area contributed by atoms with E-state index in [-0.39, 0.29) is 11.2 Å². The topological polar surface area (TPSA) is 68.9 Å². The second-order valence-corrected chi connectivity index (χ2v) is 5.72. The fraction of sp³-hybridized carbons (Fsp3) is 0.462. The highest BCUT2D eigenvalue weighted by molar-refractivity contribution is 7.09. The monoisotopic (exact) mass is 294 g/mol. The molecule has 7 heteroatoms. The lowest BCUT2D eigenvalue weighted by Crippen LogP contribution is -2.39. The second kappa shape index (κ2) is 6.15. The van der Waals surface area contributed by atoms with E-state index in [1.807, 2.05) is 12.3 Å². The Hall–Kier alpha value is -1.73. The summed E-state index contributed by atoms with van der Waals surface area (Å²) in [5.41, 5.74) is 1.18. The fourth-order valence-electron chi connectivity index (χ4n) is 1.90. The zero-order chi connectivity index (χ0) is 14.7. The molecule has 2 rings (SSSR count). The molecule has 2 aromatic heterocycles. The van der Waals surface area contributed by atoms with Gasteiger partial charge in [0.25, 0.3) is 5.56 Å². The van der Waals surface area contributed by atoms with Gasteiger partial charge >= 0.3 is 5.69 Å². The molecule has 0 amide bonds. The summed E-state index contributed by atoms with van der Waals surface area (Å²) >= 11 is 1.64. The predicted molar refractivity (Wildman–Crippen MR) is 79.2 cm³/mol. The van der Waals surface area contributed by atoms with Crippen molar-refractivity contribution in [1.29, 1.82) is 0 Å². The smallest absolute Gasteiger partial charge is 0.311 e. The van der Waals surface area contributed by atoms with Gasteiger partial charge in [-0.15, -0.1) is 11.3 Å². The Morgan fingerprint density at radius 3 is 2.70 bits per heavy atom. The number of nitrogens with zero attached hydrogens (tertiary/aromatic N) is 3. The SMILES string of the molecule is Cc1nc(CCNCc2cc(=O)n(C)c(=O)n2C)cs1. The highest BCUT2D eigenvalue weighted by atomic mass is 32.1. The van der Waals surface area contributed by atoms with Crippen LogP contribution in [0.5, 0.6) is 0 Å². The molecule has 2 aromatic rings. The Balaban J connectivity index is 1.95. The van der Waals surface area contributed by atoms with E-state index in [4.69, 9.17) is 0 Å². The van der Waals surface area contributed by atoms with Gasteiger partial charge in [-0.3, -0.25) is 13.9 Å². The van der Waals surface area contributed by atoms with Crippen molar-refractivity contribution in [3.63, 3.8) is 0 Å². The summed E-state index contributed by atoms with van der Waals surface area (Å²) < 4.78 is 2.59. The molecule has 0 saturated heterocycles. The zero-order valence-electron chi connectivity index (χ0n) is 11.8. The minimum absolute atomic E-state index is 0.278. The van der Waals surface area contributed by atoms with Crippen molar-refractivity contribution >= 4 is 11.3 Å². The lowest BCUT2D eigenvalue weighted by Gasteiger charge is -2.10.